The van der Waals surface area contributed by atoms with Crippen molar-refractivity contribution in [2.45, 2.75) is 9.79 Å². The highest BCUT2D eigenvalue weighted by atomic mass is 32.2. The number of carbonyl (C=O) groups is 1. The summed E-state index contributed by atoms with van der Waals surface area (Å²) >= 11 is 0. The Bertz CT molecular complexity index is 933. The molecule has 0 bridgehead atoms. The van der Waals surface area contributed by atoms with E-state index < -0.39 is 46.8 Å². The van der Waals surface area contributed by atoms with Crippen molar-refractivity contribution in [1.82, 2.24) is 9.80 Å². The van der Waals surface area contributed by atoms with E-state index in [1.165, 1.54) is 4.90 Å². The Balaban J connectivity index is 2.33. The van der Waals surface area contributed by atoms with Crippen LogP contribution in [0.1, 0.15) is 0 Å². The minimum atomic E-state index is -4.30. The molecule has 2 rings (SSSR count). The number of nitrogens with zero attached hydrogens (tertiary/aromatic N) is 3. The number of carbonyl (C=O) groups excluding carboxylic acids is 1. The van der Waals surface area contributed by atoms with Gasteiger partial charge in [-0.05, 0) is 19.2 Å². The molecular weight excluding hydrogens is 386 g/mol. The van der Waals surface area contributed by atoms with Crippen LogP contribution in [-0.4, -0.2) is 82.7 Å². The first-order valence-corrected chi connectivity index (χ1v) is 11.1. The van der Waals surface area contributed by atoms with Gasteiger partial charge in [-0.15, -0.1) is 0 Å². The summed E-state index contributed by atoms with van der Waals surface area (Å²) in [5, 5.41) is 11.2. The summed E-state index contributed by atoms with van der Waals surface area (Å²) in [5.74, 6) is -1.55. The first-order valence-electron chi connectivity index (χ1n) is 7.59. The van der Waals surface area contributed by atoms with E-state index in [2.05, 4.69) is 0 Å². The number of hydrogen-bond donors (Lipinski definition) is 0. The summed E-state index contributed by atoms with van der Waals surface area (Å²) in [7, 11) is -6.17. The fraction of sp³-hybridized carbons (Fsp3) is 0.500. The van der Waals surface area contributed by atoms with Gasteiger partial charge in [-0.2, -0.15) is 0 Å². The third-order valence-corrected chi connectivity index (χ3v) is 6.81. The van der Waals surface area contributed by atoms with Gasteiger partial charge in [0.15, 0.2) is 19.7 Å². The molecule has 26 heavy (non-hydrogen) atoms. The van der Waals surface area contributed by atoms with Crippen LogP contribution in [0.2, 0.25) is 0 Å². The lowest BCUT2D eigenvalue weighted by atomic mass is 10.3. The highest BCUT2D eigenvalue weighted by Gasteiger charge is 2.31. The second-order valence-corrected chi connectivity index (χ2v) is 10.1. The molecule has 1 aromatic rings. The molecule has 1 heterocycles. The van der Waals surface area contributed by atoms with E-state index in [0.717, 1.165) is 18.4 Å². The van der Waals surface area contributed by atoms with E-state index in [4.69, 9.17) is 0 Å². The topological polar surface area (TPSA) is 135 Å². The highest BCUT2D eigenvalue weighted by Crippen LogP contribution is 2.28. The van der Waals surface area contributed by atoms with Crippen LogP contribution >= 0.6 is 0 Å². The number of amides is 1. The second kappa shape index (κ2) is 7.29. The average molecular weight is 405 g/mol. The zero-order valence-corrected chi connectivity index (χ0v) is 15.9. The van der Waals surface area contributed by atoms with E-state index >= 15 is 0 Å². The molecule has 1 aliphatic heterocycles. The van der Waals surface area contributed by atoms with Gasteiger partial charge in [0.1, 0.15) is 10.6 Å². The Morgan fingerprint density at radius 3 is 2.23 bits per heavy atom. The van der Waals surface area contributed by atoms with Crippen LogP contribution in [0.5, 0.6) is 0 Å². The molecule has 1 aliphatic rings. The number of nitro benzene ring substituents is 1. The lowest BCUT2D eigenvalue weighted by Gasteiger charge is -2.32. The Labute approximate surface area is 151 Å². The molecule has 0 unspecified atom stereocenters. The third kappa shape index (κ3) is 4.56. The van der Waals surface area contributed by atoms with Gasteiger partial charge in [0.05, 0.1) is 9.82 Å². The summed E-state index contributed by atoms with van der Waals surface area (Å²) in [4.78, 5) is 24.9. The number of sulfone groups is 2. The molecule has 12 heteroatoms. The zero-order valence-electron chi connectivity index (χ0n) is 14.3. The summed E-state index contributed by atoms with van der Waals surface area (Å²) < 4.78 is 48.1. The standard InChI is InChI=1S/C14H19N3O7S2/c1-15-5-7-16(8-6-15)14(18)10-26(23,24)13-4-3-11(25(2,21)22)9-12(13)17(19)20/h3-4,9H,5-8,10H2,1-2H3. The van der Waals surface area contributed by atoms with Crippen LogP contribution in [0, 0.1) is 10.1 Å². The third-order valence-electron chi connectivity index (χ3n) is 4.06. The molecule has 1 amide bonds. The summed E-state index contributed by atoms with van der Waals surface area (Å²) in [6.07, 6.45) is 0.858. The quantitative estimate of drug-likeness (QED) is 0.475. The predicted octanol–water partition coefficient (Wildman–Crippen LogP) is -0.454. The van der Waals surface area contributed by atoms with Gasteiger partial charge in [-0.25, -0.2) is 16.8 Å². The normalized spacial score (nSPS) is 16.5. The Morgan fingerprint density at radius 1 is 1.15 bits per heavy atom. The van der Waals surface area contributed by atoms with Gasteiger partial charge in [0.25, 0.3) is 5.69 Å². The van der Waals surface area contributed by atoms with Crippen LogP contribution in [0.4, 0.5) is 5.69 Å². The van der Waals surface area contributed by atoms with Gasteiger partial charge < -0.3 is 9.80 Å². The molecule has 0 spiro atoms. The largest absolute Gasteiger partial charge is 0.339 e. The monoisotopic (exact) mass is 405 g/mol. The minimum Gasteiger partial charge on any atom is -0.339 e. The molecule has 0 aromatic heterocycles. The van der Waals surface area contributed by atoms with Crippen molar-refractivity contribution in [3.63, 3.8) is 0 Å². The molecule has 0 aliphatic carbocycles. The van der Waals surface area contributed by atoms with Crippen LogP contribution < -0.4 is 0 Å². The van der Waals surface area contributed by atoms with E-state index in [9.17, 15) is 31.7 Å². The van der Waals surface area contributed by atoms with Crippen LogP contribution in [0.3, 0.4) is 0 Å². The van der Waals surface area contributed by atoms with Crippen molar-refractivity contribution in [2.75, 3.05) is 45.2 Å². The summed E-state index contributed by atoms with van der Waals surface area (Å²) in [6.45, 7) is 1.96. The van der Waals surface area contributed by atoms with Crippen LogP contribution in [0.15, 0.2) is 28.0 Å². The van der Waals surface area contributed by atoms with Crippen molar-refractivity contribution in [3.05, 3.63) is 28.3 Å². The van der Waals surface area contributed by atoms with E-state index in [1.54, 1.807) is 0 Å². The van der Waals surface area contributed by atoms with Gasteiger partial charge in [-0.3, -0.25) is 14.9 Å². The fourth-order valence-electron chi connectivity index (χ4n) is 2.52. The molecule has 0 N–H and O–H groups in total. The maximum absolute atomic E-state index is 12.5. The molecule has 144 valence electrons. The molecule has 0 saturated carbocycles. The van der Waals surface area contributed by atoms with E-state index in [-0.39, 0.29) is 4.90 Å². The first kappa shape index (κ1) is 20.3. The number of rotatable bonds is 5. The SMILES string of the molecule is CN1CCN(C(=O)CS(=O)(=O)c2ccc(S(C)(=O)=O)cc2[N+](=O)[O-])CC1. The fourth-order valence-corrected chi connectivity index (χ4v) is 4.55. The van der Waals surface area contributed by atoms with E-state index in [1.807, 2.05) is 11.9 Å². The summed E-state index contributed by atoms with van der Waals surface area (Å²) in [6, 6.07) is 2.54. The predicted molar refractivity (Wildman–Crippen MR) is 92.3 cm³/mol. The van der Waals surface area contributed by atoms with Crippen molar-refractivity contribution in [3.8, 4) is 0 Å². The lowest BCUT2D eigenvalue weighted by Crippen LogP contribution is -2.48. The van der Waals surface area contributed by atoms with Crippen molar-refractivity contribution in [1.29, 1.82) is 0 Å². The maximum Gasteiger partial charge on any atom is 0.289 e. The van der Waals surface area contributed by atoms with Crippen molar-refractivity contribution >= 4 is 31.3 Å². The number of piperazine rings is 1. The zero-order chi connectivity index (χ0) is 19.7. The first-order chi connectivity index (χ1) is 11.9. The Morgan fingerprint density at radius 2 is 1.73 bits per heavy atom. The van der Waals surface area contributed by atoms with Crippen molar-refractivity contribution < 1.29 is 26.6 Å². The molecule has 0 atom stereocenters. The summed E-state index contributed by atoms with van der Waals surface area (Å²) in [5.41, 5.74) is -0.862. The molecule has 1 saturated heterocycles. The van der Waals surface area contributed by atoms with Gasteiger partial charge >= 0.3 is 0 Å². The number of hydrogen-bond acceptors (Lipinski definition) is 8. The van der Waals surface area contributed by atoms with Gasteiger partial charge in [0, 0.05) is 38.5 Å². The molecular formula is C14H19N3O7S2. The number of likely N-dealkylation sites (N-methyl/N-ethyl adjacent to an activating group) is 1. The van der Waals surface area contributed by atoms with Gasteiger partial charge in [0.2, 0.25) is 5.91 Å². The second-order valence-electron chi connectivity index (χ2n) is 6.10. The number of benzene rings is 1. The molecule has 1 aromatic carbocycles. The highest BCUT2D eigenvalue weighted by molar-refractivity contribution is 7.92. The molecule has 10 nitrogen and oxygen atoms in total. The molecule has 0 radical (unpaired) electrons. The van der Waals surface area contributed by atoms with Gasteiger partial charge in [-0.1, -0.05) is 0 Å². The Hall–Kier alpha value is -2.05. The number of nitro groups is 1. The maximum atomic E-state index is 12.5. The van der Waals surface area contributed by atoms with Crippen molar-refractivity contribution in [2.24, 2.45) is 0 Å². The van der Waals surface area contributed by atoms with Crippen LogP contribution in [-0.2, 0) is 24.5 Å². The average Bonchev–Trinajstić information content (AvgIpc) is 2.53. The van der Waals surface area contributed by atoms with Crippen LogP contribution in [0.25, 0.3) is 0 Å². The smallest absolute Gasteiger partial charge is 0.289 e. The minimum absolute atomic E-state index is 0.367. The molecule has 1 fully saturated rings. The Kier molecular flexibility index (Phi) is 5.68. The lowest BCUT2D eigenvalue weighted by molar-refractivity contribution is -0.388. The van der Waals surface area contributed by atoms with E-state index in [0.29, 0.717) is 32.2 Å².